The second-order valence-corrected chi connectivity index (χ2v) is 7.57. The fraction of sp³-hybridized carbons (Fsp3) is 0.0870. The summed E-state index contributed by atoms with van der Waals surface area (Å²) < 4.78 is 11.6. The van der Waals surface area contributed by atoms with E-state index in [4.69, 9.17) is 9.47 Å². The third-order valence-electron chi connectivity index (χ3n) is 4.30. The maximum Gasteiger partial charge on any atom is 0.343 e. The van der Waals surface area contributed by atoms with Crippen LogP contribution in [0.5, 0.6) is 11.5 Å². The summed E-state index contributed by atoms with van der Waals surface area (Å²) in [6.45, 7) is 1.44. The molecule has 0 spiro atoms. The molecule has 0 unspecified atom stereocenters. The van der Waals surface area contributed by atoms with Gasteiger partial charge in [0.1, 0.15) is 5.75 Å². The number of esters is 1. The van der Waals surface area contributed by atoms with E-state index in [9.17, 15) is 19.7 Å². The third kappa shape index (κ3) is 6.47. The number of hydrazone groups is 1. The van der Waals surface area contributed by atoms with Gasteiger partial charge in [-0.05, 0) is 43.3 Å². The number of hydrogen-bond acceptors (Lipinski definition) is 7. The van der Waals surface area contributed by atoms with E-state index < -0.39 is 22.9 Å². The van der Waals surface area contributed by atoms with Crippen molar-refractivity contribution in [3.63, 3.8) is 0 Å². The minimum atomic E-state index is -1.05. The van der Waals surface area contributed by atoms with E-state index in [0.29, 0.717) is 15.6 Å². The molecule has 0 aromatic heterocycles. The molecule has 0 aliphatic heterocycles. The average molecular weight is 512 g/mol. The van der Waals surface area contributed by atoms with E-state index in [0.717, 1.165) is 0 Å². The number of nitrogens with one attached hydrogen (secondary N) is 1. The zero-order valence-electron chi connectivity index (χ0n) is 17.3. The Hall–Kier alpha value is -4.05. The van der Waals surface area contributed by atoms with Gasteiger partial charge in [0, 0.05) is 16.1 Å². The first-order valence-electron chi connectivity index (χ1n) is 9.65. The van der Waals surface area contributed by atoms with Crippen LogP contribution < -0.4 is 14.9 Å². The molecule has 0 aliphatic carbocycles. The molecule has 33 heavy (non-hydrogen) atoms. The number of nitrogens with zero attached hydrogens (tertiary/aromatic N) is 2. The predicted molar refractivity (Wildman–Crippen MR) is 124 cm³/mol. The molecule has 0 heterocycles. The van der Waals surface area contributed by atoms with Crippen molar-refractivity contribution in [2.24, 2.45) is 5.10 Å². The van der Waals surface area contributed by atoms with Crippen LogP contribution in [-0.2, 0) is 4.79 Å². The Morgan fingerprint density at radius 3 is 2.48 bits per heavy atom. The number of carbonyl (C=O) groups excluding carboxylic acids is 2. The number of amides is 1. The Kier molecular flexibility index (Phi) is 7.87. The van der Waals surface area contributed by atoms with Gasteiger partial charge in [0.15, 0.2) is 11.9 Å². The highest BCUT2D eigenvalue weighted by atomic mass is 79.9. The molecule has 3 aromatic rings. The fourth-order valence-electron chi connectivity index (χ4n) is 2.65. The van der Waals surface area contributed by atoms with Crippen LogP contribution in [0.4, 0.5) is 5.69 Å². The number of hydrogen-bond donors (Lipinski definition) is 1. The molecule has 1 amide bonds. The summed E-state index contributed by atoms with van der Waals surface area (Å²) in [5.41, 5.74) is 2.88. The molecule has 1 N–H and O–H groups in total. The first kappa shape index (κ1) is 23.6. The van der Waals surface area contributed by atoms with Gasteiger partial charge >= 0.3 is 11.7 Å². The van der Waals surface area contributed by atoms with Gasteiger partial charge in [-0.1, -0.05) is 46.3 Å². The summed E-state index contributed by atoms with van der Waals surface area (Å²) in [6.07, 6.45) is 0.259. The second kappa shape index (κ2) is 11.0. The maximum absolute atomic E-state index is 12.4. The monoisotopic (exact) mass is 511 g/mol. The fourth-order valence-corrected chi connectivity index (χ4v) is 3.03. The molecule has 3 aromatic carbocycles. The van der Waals surface area contributed by atoms with Gasteiger partial charge in [0.2, 0.25) is 0 Å². The van der Waals surface area contributed by atoms with E-state index >= 15 is 0 Å². The summed E-state index contributed by atoms with van der Waals surface area (Å²) in [7, 11) is 0. The van der Waals surface area contributed by atoms with Crippen molar-refractivity contribution in [3.8, 4) is 11.5 Å². The minimum absolute atomic E-state index is 0.0313. The van der Waals surface area contributed by atoms with Crippen molar-refractivity contribution in [2.75, 3.05) is 0 Å². The smallest absolute Gasteiger partial charge is 0.343 e. The van der Waals surface area contributed by atoms with E-state index in [1.807, 2.05) is 0 Å². The highest BCUT2D eigenvalue weighted by Crippen LogP contribution is 2.27. The zero-order valence-corrected chi connectivity index (χ0v) is 18.9. The summed E-state index contributed by atoms with van der Waals surface area (Å²) in [6, 6.07) is 19.2. The van der Waals surface area contributed by atoms with Crippen LogP contribution >= 0.6 is 15.9 Å². The van der Waals surface area contributed by atoms with Gasteiger partial charge in [0.25, 0.3) is 5.91 Å². The lowest BCUT2D eigenvalue weighted by molar-refractivity contribution is -0.386. The first-order valence-corrected chi connectivity index (χ1v) is 10.4. The lowest BCUT2D eigenvalue weighted by atomic mass is 10.2. The molecular weight excluding hydrogens is 494 g/mol. The lowest BCUT2D eigenvalue weighted by Crippen LogP contribution is -2.33. The summed E-state index contributed by atoms with van der Waals surface area (Å²) in [4.78, 5) is 35.2. The summed E-state index contributed by atoms with van der Waals surface area (Å²) in [5, 5.41) is 15.0. The first-order chi connectivity index (χ1) is 15.8. The van der Waals surface area contributed by atoms with Gasteiger partial charge in [-0.2, -0.15) is 5.10 Å². The summed E-state index contributed by atoms with van der Waals surface area (Å²) >= 11 is 3.34. The molecule has 10 heteroatoms. The lowest BCUT2D eigenvalue weighted by Gasteiger charge is -2.13. The minimum Gasteiger partial charge on any atom is -0.474 e. The van der Waals surface area contributed by atoms with Crippen molar-refractivity contribution >= 4 is 39.7 Å². The Bertz CT molecular complexity index is 1200. The SMILES string of the molecule is C[C@H](Oc1ccccc1[N+](=O)[O-])C(=O)N/N=C\c1cc(Br)ccc1OC(=O)c1ccccc1. The topological polar surface area (TPSA) is 120 Å². The Morgan fingerprint density at radius 1 is 1.06 bits per heavy atom. The number of ether oxygens (including phenoxy) is 2. The number of halogens is 1. The Balaban J connectivity index is 1.67. The van der Waals surface area contributed by atoms with Gasteiger partial charge in [-0.3, -0.25) is 14.9 Å². The van der Waals surface area contributed by atoms with Crippen molar-refractivity contribution < 1.29 is 24.0 Å². The van der Waals surface area contributed by atoms with Crippen LogP contribution in [0.1, 0.15) is 22.8 Å². The Morgan fingerprint density at radius 2 is 1.76 bits per heavy atom. The average Bonchev–Trinajstić information content (AvgIpc) is 2.81. The molecule has 9 nitrogen and oxygen atoms in total. The van der Waals surface area contributed by atoms with Crippen LogP contribution in [0, 0.1) is 10.1 Å². The summed E-state index contributed by atoms with van der Waals surface area (Å²) in [5.74, 6) is -0.948. The van der Waals surface area contributed by atoms with Crippen molar-refractivity contribution in [1.29, 1.82) is 0 Å². The molecule has 0 saturated carbocycles. The standard InChI is InChI=1S/C23H18BrN3O6/c1-15(32-21-10-6-5-9-19(21)27(30)31)22(28)26-25-14-17-13-18(24)11-12-20(17)33-23(29)16-7-3-2-4-8-16/h2-15H,1H3,(H,26,28)/b25-14-/t15-/m0/s1. The molecule has 0 fully saturated rings. The van der Waals surface area contributed by atoms with E-state index in [1.165, 1.54) is 31.3 Å². The van der Waals surface area contributed by atoms with Crippen molar-refractivity contribution in [3.05, 3.63) is 98.5 Å². The van der Waals surface area contributed by atoms with E-state index in [-0.39, 0.29) is 17.2 Å². The van der Waals surface area contributed by atoms with Gasteiger partial charge in [-0.25, -0.2) is 10.2 Å². The van der Waals surface area contributed by atoms with Crippen LogP contribution in [0.3, 0.4) is 0 Å². The number of nitro benzene ring substituents is 1. The van der Waals surface area contributed by atoms with Gasteiger partial charge < -0.3 is 9.47 Å². The maximum atomic E-state index is 12.4. The number of benzene rings is 3. The number of para-hydroxylation sites is 2. The predicted octanol–water partition coefficient (Wildman–Crippen LogP) is 4.49. The normalized spacial score (nSPS) is 11.6. The highest BCUT2D eigenvalue weighted by Gasteiger charge is 2.20. The quantitative estimate of drug-likeness (QED) is 0.156. The molecule has 0 radical (unpaired) electrons. The molecule has 0 saturated heterocycles. The van der Waals surface area contributed by atoms with Crippen LogP contribution in [0.25, 0.3) is 0 Å². The molecule has 3 rings (SSSR count). The van der Waals surface area contributed by atoms with E-state index in [1.54, 1.807) is 54.6 Å². The number of carbonyl (C=O) groups is 2. The zero-order chi connectivity index (χ0) is 23.8. The third-order valence-corrected chi connectivity index (χ3v) is 4.79. The molecule has 168 valence electrons. The van der Waals surface area contributed by atoms with Gasteiger partial charge in [0.05, 0.1) is 16.7 Å². The largest absolute Gasteiger partial charge is 0.474 e. The molecule has 1 atom stereocenters. The van der Waals surface area contributed by atoms with Gasteiger partial charge in [-0.15, -0.1) is 0 Å². The van der Waals surface area contributed by atoms with Crippen LogP contribution in [0.2, 0.25) is 0 Å². The van der Waals surface area contributed by atoms with Crippen molar-refractivity contribution in [1.82, 2.24) is 5.43 Å². The number of rotatable bonds is 8. The molecular formula is C23H18BrN3O6. The molecule has 0 bridgehead atoms. The Labute approximate surface area is 197 Å². The van der Waals surface area contributed by atoms with Crippen molar-refractivity contribution in [2.45, 2.75) is 13.0 Å². The second-order valence-electron chi connectivity index (χ2n) is 6.66. The van der Waals surface area contributed by atoms with Crippen LogP contribution in [-0.4, -0.2) is 29.1 Å². The van der Waals surface area contributed by atoms with E-state index in [2.05, 4.69) is 26.5 Å². The highest BCUT2D eigenvalue weighted by molar-refractivity contribution is 9.10. The van der Waals surface area contributed by atoms with Crippen LogP contribution in [0.15, 0.2) is 82.4 Å². The number of nitro groups is 1. The molecule has 0 aliphatic rings.